The van der Waals surface area contributed by atoms with Gasteiger partial charge in [-0.1, -0.05) is 38.1 Å². The number of benzene rings is 1. The van der Waals surface area contributed by atoms with E-state index in [0.717, 1.165) is 11.9 Å². The predicted molar refractivity (Wildman–Crippen MR) is 96.7 cm³/mol. The maximum absolute atomic E-state index is 11.9. The summed E-state index contributed by atoms with van der Waals surface area (Å²) in [5.41, 5.74) is -0.0597. The van der Waals surface area contributed by atoms with Crippen molar-refractivity contribution in [3.63, 3.8) is 0 Å². The number of para-hydroxylation sites is 1. The maximum Gasteiger partial charge on any atom is 0.265 e. The Morgan fingerprint density at radius 1 is 1.20 bits per heavy atom. The SMILES string of the molecule is CC1(C)C2CCC1(CS(=O)(=O)O)C(=O)C2.c1ccc2ncccc2c1. The molecule has 0 amide bonds. The number of hydrogen-bond acceptors (Lipinski definition) is 4. The van der Waals surface area contributed by atoms with Crippen LogP contribution in [0.1, 0.15) is 33.1 Å². The van der Waals surface area contributed by atoms with E-state index in [0.29, 0.717) is 12.8 Å². The molecule has 1 aromatic carbocycles. The Kier molecular flexibility index (Phi) is 4.45. The fourth-order valence-corrected chi connectivity index (χ4v) is 5.74. The largest absolute Gasteiger partial charge is 0.299 e. The van der Waals surface area contributed by atoms with Crippen LogP contribution in [0.15, 0.2) is 42.6 Å². The maximum atomic E-state index is 11.9. The number of ketones is 1. The Morgan fingerprint density at radius 2 is 1.88 bits per heavy atom. The average molecular weight is 361 g/mol. The molecule has 1 heterocycles. The number of aromatic nitrogens is 1. The van der Waals surface area contributed by atoms with Gasteiger partial charge in [-0.3, -0.25) is 14.3 Å². The minimum atomic E-state index is -4.08. The van der Waals surface area contributed by atoms with Crippen LogP contribution in [0.4, 0.5) is 0 Å². The van der Waals surface area contributed by atoms with Crippen molar-refractivity contribution in [3.8, 4) is 0 Å². The van der Waals surface area contributed by atoms with Gasteiger partial charge in [0.25, 0.3) is 10.1 Å². The first-order valence-electron chi connectivity index (χ1n) is 8.44. The zero-order valence-corrected chi connectivity index (χ0v) is 15.3. The third-order valence-electron chi connectivity index (χ3n) is 6.08. The van der Waals surface area contributed by atoms with E-state index in [1.807, 2.05) is 44.3 Å². The molecule has 2 atom stereocenters. The number of carbonyl (C=O) groups is 1. The van der Waals surface area contributed by atoms with Gasteiger partial charge in [-0.2, -0.15) is 8.42 Å². The molecule has 2 saturated carbocycles. The van der Waals surface area contributed by atoms with Crippen LogP contribution in [0.5, 0.6) is 0 Å². The lowest BCUT2D eigenvalue weighted by molar-refractivity contribution is -0.128. The van der Waals surface area contributed by atoms with Crippen LogP contribution in [-0.2, 0) is 14.9 Å². The second-order valence-corrected chi connectivity index (χ2v) is 9.04. The number of pyridine rings is 1. The van der Waals surface area contributed by atoms with E-state index in [2.05, 4.69) is 17.1 Å². The van der Waals surface area contributed by atoms with Crippen molar-refractivity contribution < 1.29 is 17.8 Å². The molecule has 25 heavy (non-hydrogen) atoms. The van der Waals surface area contributed by atoms with E-state index in [4.69, 9.17) is 4.55 Å². The molecule has 134 valence electrons. The monoisotopic (exact) mass is 361 g/mol. The molecule has 2 bridgehead atoms. The zero-order valence-electron chi connectivity index (χ0n) is 14.5. The fourth-order valence-electron chi connectivity index (χ4n) is 4.44. The standard InChI is InChI=1S/C10H16O4S.C9H7N/c1-9(2)7-3-4-10(9,8(11)5-7)6-15(12,13)14;1-2-6-9-8(4-1)5-3-7-10-9/h7H,3-6H2,1-2H3,(H,12,13,14);1-7H. The third-order valence-corrected chi connectivity index (χ3v) is 6.94. The lowest BCUT2D eigenvalue weighted by atomic mass is 9.70. The second kappa shape index (κ2) is 6.18. The Morgan fingerprint density at radius 3 is 2.44 bits per heavy atom. The Hall–Kier alpha value is -1.79. The van der Waals surface area contributed by atoms with Crippen molar-refractivity contribution in [2.75, 3.05) is 5.75 Å². The topological polar surface area (TPSA) is 84.3 Å². The van der Waals surface area contributed by atoms with Gasteiger partial charge in [0, 0.05) is 18.0 Å². The van der Waals surface area contributed by atoms with Gasteiger partial charge < -0.3 is 0 Å². The number of carbonyl (C=O) groups excluding carboxylic acids is 1. The number of rotatable bonds is 2. The van der Waals surface area contributed by atoms with Crippen LogP contribution >= 0.6 is 0 Å². The van der Waals surface area contributed by atoms with Gasteiger partial charge in [0.2, 0.25) is 0 Å². The number of hydrogen-bond donors (Lipinski definition) is 1. The summed E-state index contributed by atoms with van der Waals surface area (Å²) in [6.45, 7) is 3.89. The average Bonchev–Trinajstić information content (AvgIpc) is 2.88. The molecule has 2 fully saturated rings. The van der Waals surface area contributed by atoms with Crippen molar-refractivity contribution in [2.24, 2.45) is 16.7 Å². The van der Waals surface area contributed by atoms with Crippen molar-refractivity contribution in [2.45, 2.75) is 33.1 Å². The van der Waals surface area contributed by atoms with E-state index in [9.17, 15) is 13.2 Å². The quantitative estimate of drug-likeness (QED) is 0.828. The third kappa shape index (κ3) is 3.20. The highest BCUT2D eigenvalue weighted by atomic mass is 32.2. The van der Waals surface area contributed by atoms with Gasteiger partial charge >= 0.3 is 0 Å². The first-order valence-corrected chi connectivity index (χ1v) is 10.0. The number of Topliss-reactive ketones (excluding diaryl/α,β-unsaturated/α-hetero) is 1. The molecular formula is C19H23NO4S. The molecule has 2 unspecified atom stereocenters. The van der Waals surface area contributed by atoms with E-state index in [1.54, 1.807) is 0 Å². The highest BCUT2D eigenvalue weighted by Crippen LogP contribution is 2.64. The highest BCUT2D eigenvalue weighted by Gasteiger charge is 2.65. The molecule has 1 aromatic heterocycles. The zero-order chi connectivity index (χ0) is 18.3. The van der Waals surface area contributed by atoms with Crippen molar-refractivity contribution in [1.82, 2.24) is 4.98 Å². The van der Waals surface area contributed by atoms with Crippen LogP contribution < -0.4 is 0 Å². The lowest BCUT2D eigenvalue weighted by Gasteiger charge is -2.35. The summed E-state index contributed by atoms with van der Waals surface area (Å²) in [7, 11) is -4.08. The molecule has 0 spiro atoms. The van der Waals surface area contributed by atoms with E-state index in [-0.39, 0.29) is 17.1 Å². The predicted octanol–water partition coefficient (Wildman–Crippen LogP) is 3.50. The molecule has 2 aliphatic carbocycles. The van der Waals surface area contributed by atoms with Crippen LogP contribution in [0.2, 0.25) is 0 Å². The minimum absolute atomic E-state index is 0.0152. The summed E-state index contributed by atoms with van der Waals surface area (Å²) in [5.74, 6) is -0.101. The number of fused-ring (bicyclic) bond motifs is 3. The second-order valence-electron chi connectivity index (χ2n) is 7.59. The highest BCUT2D eigenvalue weighted by molar-refractivity contribution is 7.85. The molecule has 0 saturated heterocycles. The van der Waals surface area contributed by atoms with Gasteiger partial charge in [-0.15, -0.1) is 0 Å². The summed E-state index contributed by atoms with van der Waals surface area (Å²) in [6, 6.07) is 12.1. The summed E-state index contributed by atoms with van der Waals surface area (Å²) in [6.07, 6.45) is 3.78. The van der Waals surface area contributed by atoms with E-state index in [1.165, 1.54) is 5.39 Å². The van der Waals surface area contributed by atoms with Gasteiger partial charge in [-0.25, -0.2) is 0 Å². The molecule has 5 nitrogen and oxygen atoms in total. The summed E-state index contributed by atoms with van der Waals surface area (Å²) >= 11 is 0. The first kappa shape index (κ1) is 18.0. The molecule has 2 aromatic rings. The van der Waals surface area contributed by atoms with Crippen molar-refractivity contribution in [1.29, 1.82) is 0 Å². The van der Waals surface area contributed by atoms with E-state index >= 15 is 0 Å². The first-order chi connectivity index (χ1) is 11.7. The smallest absolute Gasteiger partial charge is 0.265 e. The summed E-state index contributed by atoms with van der Waals surface area (Å²) in [5, 5.41) is 1.20. The fraction of sp³-hybridized carbons (Fsp3) is 0.474. The molecule has 6 heteroatoms. The Bertz CT molecular complexity index is 841. The van der Waals surface area contributed by atoms with Gasteiger partial charge in [0.1, 0.15) is 5.78 Å². The number of nitrogens with zero attached hydrogens (tertiary/aromatic N) is 1. The lowest BCUT2D eigenvalue weighted by Crippen LogP contribution is -2.42. The Labute approximate surface area is 148 Å². The van der Waals surface area contributed by atoms with Crippen LogP contribution in [0.3, 0.4) is 0 Å². The molecule has 4 rings (SSSR count). The van der Waals surface area contributed by atoms with Crippen LogP contribution in [0.25, 0.3) is 10.9 Å². The summed E-state index contributed by atoms with van der Waals surface area (Å²) in [4.78, 5) is 16.1. The van der Waals surface area contributed by atoms with Gasteiger partial charge in [-0.05, 0) is 36.3 Å². The molecule has 1 N–H and O–H groups in total. The van der Waals surface area contributed by atoms with Gasteiger partial charge in [0.05, 0.1) is 16.7 Å². The van der Waals surface area contributed by atoms with E-state index < -0.39 is 21.3 Å². The van der Waals surface area contributed by atoms with Crippen LogP contribution in [0, 0.1) is 16.7 Å². The van der Waals surface area contributed by atoms with Crippen molar-refractivity contribution >= 4 is 26.8 Å². The molecule has 0 aliphatic heterocycles. The normalized spacial score (nSPS) is 27.2. The van der Waals surface area contributed by atoms with Gasteiger partial charge in [0.15, 0.2) is 0 Å². The molecular weight excluding hydrogens is 338 g/mol. The van der Waals surface area contributed by atoms with Crippen molar-refractivity contribution in [3.05, 3.63) is 42.6 Å². The molecule has 2 aliphatic rings. The summed E-state index contributed by atoms with van der Waals surface area (Å²) < 4.78 is 31.0. The van der Waals surface area contributed by atoms with Crippen LogP contribution in [-0.4, -0.2) is 29.5 Å². The minimum Gasteiger partial charge on any atom is -0.299 e. The Balaban J connectivity index is 0.000000157. The molecule has 0 radical (unpaired) electrons.